The molecule has 1 fully saturated rings. The number of aromatic nitrogens is 1. The highest BCUT2D eigenvalue weighted by Crippen LogP contribution is 2.25. The lowest BCUT2D eigenvalue weighted by Gasteiger charge is -2.20. The molecule has 1 saturated heterocycles. The lowest BCUT2D eigenvalue weighted by Crippen LogP contribution is -2.40. The third kappa shape index (κ3) is 2.83. The number of hydrogen-bond donors (Lipinski definition) is 1. The van der Waals surface area contributed by atoms with Gasteiger partial charge in [0.1, 0.15) is 11.7 Å². The zero-order chi connectivity index (χ0) is 14.9. The van der Waals surface area contributed by atoms with Gasteiger partial charge in [0.2, 0.25) is 0 Å². The summed E-state index contributed by atoms with van der Waals surface area (Å²) in [5, 5.41) is 11.8. The van der Waals surface area contributed by atoms with Crippen molar-refractivity contribution >= 4 is 23.2 Å². The molecule has 1 aromatic rings. The average molecular weight is 298 g/mol. The fourth-order valence-corrected chi connectivity index (χ4v) is 3.03. The Morgan fingerprint density at radius 2 is 2.25 bits per heavy atom. The van der Waals surface area contributed by atoms with Crippen LogP contribution < -0.4 is 0 Å². The van der Waals surface area contributed by atoms with Gasteiger partial charge in [-0.1, -0.05) is 13.8 Å². The Kier molecular flexibility index (Phi) is 4.39. The van der Waals surface area contributed by atoms with Gasteiger partial charge in [-0.25, -0.2) is 9.78 Å². The molecule has 1 aliphatic rings. The molecule has 110 valence electrons. The summed E-state index contributed by atoms with van der Waals surface area (Å²) in [6.45, 7) is 4.30. The molecule has 2 heterocycles. The molecular formula is C13H18N2O4S. The molecule has 1 aromatic heterocycles. The molecule has 0 aliphatic carbocycles. The van der Waals surface area contributed by atoms with Gasteiger partial charge in [0.05, 0.1) is 11.1 Å². The minimum absolute atomic E-state index is 0.233. The van der Waals surface area contributed by atoms with Gasteiger partial charge < -0.3 is 14.7 Å². The number of methoxy groups -OCH3 is 1. The second kappa shape index (κ2) is 5.88. The number of nitrogens with zero attached hydrogens (tertiary/aromatic N) is 2. The van der Waals surface area contributed by atoms with Crippen molar-refractivity contribution in [1.82, 2.24) is 9.88 Å². The minimum atomic E-state index is -1.00. The van der Waals surface area contributed by atoms with E-state index < -0.39 is 12.0 Å². The standard InChI is InChI=1S/C13H18N2O4S/c1-7(2)11-14-9(6-20-11)12(16)15-5-8(19-3)4-10(15)13(17)18/h6-8,10H,4-5H2,1-3H3,(H,17,18). The quantitative estimate of drug-likeness (QED) is 0.913. The van der Waals surface area contributed by atoms with E-state index in [0.717, 1.165) is 5.01 Å². The Labute approximate surface area is 121 Å². The van der Waals surface area contributed by atoms with Crippen LogP contribution in [-0.2, 0) is 9.53 Å². The van der Waals surface area contributed by atoms with Crippen LogP contribution in [0.5, 0.6) is 0 Å². The number of carboxylic acids is 1. The van der Waals surface area contributed by atoms with Gasteiger partial charge in [0.15, 0.2) is 0 Å². The van der Waals surface area contributed by atoms with Crippen molar-refractivity contribution in [2.45, 2.75) is 38.3 Å². The zero-order valence-corrected chi connectivity index (χ0v) is 12.5. The number of thiazole rings is 1. The molecule has 2 atom stereocenters. The fourth-order valence-electron chi connectivity index (χ4n) is 2.22. The van der Waals surface area contributed by atoms with Crippen LogP contribution in [0, 0.1) is 0 Å². The molecule has 1 N–H and O–H groups in total. The Balaban J connectivity index is 2.19. The van der Waals surface area contributed by atoms with Crippen LogP contribution >= 0.6 is 11.3 Å². The lowest BCUT2D eigenvalue weighted by molar-refractivity contribution is -0.141. The van der Waals surface area contributed by atoms with Crippen molar-refractivity contribution < 1.29 is 19.4 Å². The molecule has 0 bridgehead atoms. The van der Waals surface area contributed by atoms with E-state index in [1.165, 1.54) is 23.3 Å². The van der Waals surface area contributed by atoms with Crippen molar-refractivity contribution in [2.24, 2.45) is 0 Å². The van der Waals surface area contributed by atoms with Crippen LogP contribution in [0.3, 0.4) is 0 Å². The highest BCUT2D eigenvalue weighted by Gasteiger charge is 2.40. The molecule has 2 rings (SSSR count). The lowest BCUT2D eigenvalue weighted by atomic mass is 10.2. The van der Waals surface area contributed by atoms with Crippen LogP contribution in [0.4, 0.5) is 0 Å². The molecule has 0 radical (unpaired) electrons. The number of amides is 1. The third-order valence-electron chi connectivity index (χ3n) is 3.38. The molecular weight excluding hydrogens is 280 g/mol. The van der Waals surface area contributed by atoms with E-state index in [4.69, 9.17) is 4.74 Å². The van der Waals surface area contributed by atoms with Crippen molar-refractivity contribution in [3.05, 3.63) is 16.1 Å². The summed E-state index contributed by atoms with van der Waals surface area (Å²) in [7, 11) is 1.53. The van der Waals surface area contributed by atoms with E-state index >= 15 is 0 Å². The van der Waals surface area contributed by atoms with E-state index in [9.17, 15) is 14.7 Å². The largest absolute Gasteiger partial charge is 0.480 e. The van der Waals surface area contributed by atoms with Crippen molar-refractivity contribution in [2.75, 3.05) is 13.7 Å². The summed E-state index contributed by atoms with van der Waals surface area (Å²) in [5.41, 5.74) is 0.321. The van der Waals surface area contributed by atoms with E-state index in [0.29, 0.717) is 18.7 Å². The topological polar surface area (TPSA) is 79.7 Å². The molecule has 20 heavy (non-hydrogen) atoms. The smallest absolute Gasteiger partial charge is 0.326 e. The molecule has 0 spiro atoms. The normalized spacial score (nSPS) is 22.5. The van der Waals surface area contributed by atoms with Gasteiger partial charge in [-0.15, -0.1) is 11.3 Å². The summed E-state index contributed by atoms with van der Waals surface area (Å²) >= 11 is 1.42. The molecule has 1 aliphatic heterocycles. The molecule has 0 saturated carbocycles. The maximum atomic E-state index is 12.4. The summed E-state index contributed by atoms with van der Waals surface area (Å²) < 4.78 is 5.18. The molecule has 0 aromatic carbocycles. The maximum Gasteiger partial charge on any atom is 0.326 e. The van der Waals surface area contributed by atoms with Crippen molar-refractivity contribution in [3.8, 4) is 0 Å². The summed E-state index contributed by atoms with van der Waals surface area (Å²) in [4.78, 5) is 29.3. The van der Waals surface area contributed by atoms with E-state index in [1.54, 1.807) is 5.38 Å². The maximum absolute atomic E-state index is 12.4. The number of ether oxygens (including phenoxy) is 1. The molecule has 1 amide bonds. The second-order valence-corrected chi connectivity index (χ2v) is 6.02. The van der Waals surface area contributed by atoms with E-state index in [2.05, 4.69) is 4.98 Å². The molecule has 2 unspecified atom stereocenters. The van der Waals surface area contributed by atoms with Crippen molar-refractivity contribution in [1.29, 1.82) is 0 Å². The first kappa shape index (κ1) is 14.9. The number of rotatable bonds is 4. The Bertz CT molecular complexity index is 514. The highest BCUT2D eigenvalue weighted by molar-refractivity contribution is 7.09. The van der Waals surface area contributed by atoms with Gasteiger partial charge in [-0.05, 0) is 0 Å². The Hall–Kier alpha value is -1.47. The van der Waals surface area contributed by atoms with Crippen LogP contribution in [0.1, 0.15) is 41.7 Å². The number of carbonyl (C=O) groups is 2. The van der Waals surface area contributed by atoms with Gasteiger partial charge in [-0.2, -0.15) is 0 Å². The first-order chi connectivity index (χ1) is 9.43. The van der Waals surface area contributed by atoms with Crippen LogP contribution in [-0.4, -0.2) is 52.7 Å². The Morgan fingerprint density at radius 3 is 2.75 bits per heavy atom. The third-order valence-corrected chi connectivity index (χ3v) is 4.52. The first-order valence-electron chi connectivity index (χ1n) is 6.46. The van der Waals surface area contributed by atoms with Gasteiger partial charge in [0.25, 0.3) is 5.91 Å². The van der Waals surface area contributed by atoms with Gasteiger partial charge >= 0.3 is 5.97 Å². The molecule has 7 heteroatoms. The number of likely N-dealkylation sites (tertiary alicyclic amines) is 1. The Morgan fingerprint density at radius 1 is 1.55 bits per heavy atom. The van der Waals surface area contributed by atoms with E-state index in [1.807, 2.05) is 13.8 Å². The fraction of sp³-hybridized carbons (Fsp3) is 0.615. The van der Waals surface area contributed by atoms with Crippen LogP contribution in [0.2, 0.25) is 0 Å². The SMILES string of the molecule is COC1CC(C(=O)O)N(C(=O)c2csc(C(C)C)n2)C1. The van der Waals surface area contributed by atoms with Gasteiger partial charge in [0, 0.05) is 31.4 Å². The summed E-state index contributed by atoms with van der Waals surface area (Å²) in [6, 6.07) is -0.836. The van der Waals surface area contributed by atoms with Crippen LogP contribution in [0.15, 0.2) is 5.38 Å². The molecule has 6 nitrogen and oxygen atoms in total. The predicted octanol–water partition coefficient (Wildman–Crippen LogP) is 1.58. The van der Waals surface area contributed by atoms with E-state index in [-0.39, 0.29) is 17.9 Å². The highest BCUT2D eigenvalue weighted by atomic mass is 32.1. The number of carbonyl (C=O) groups excluding carboxylic acids is 1. The van der Waals surface area contributed by atoms with Crippen molar-refractivity contribution in [3.63, 3.8) is 0 Å². The summed E-state index contributed by atoms with van der Waals surface area (Å²) in [5.74, 6) is -1.08. The van der Waals surface area contributed by atoms with Gasteiger partial charge in [-0.3, -0.25) is 4.79 Å². The monoisotopic (exact) mass is 298 g/mol. The number of hydrogen-bond acceptors (Lipinski definition) is 5. The number of aliphatic carboxylic acids is 1. The predicted molar refractivity (Wildman–Crippen MR) is 74.1 cm³/mol. The number of carboxylic acid groups (broad SMARTS) is 1. The summed E-state index contributed by atoms with van der Waals surface area (Å²) in [6.07, 6.45) is 0.0851. The second-order valence-electron chi connectivity index (χ2n) is 5.13. The van der Waals surface area contributed by atoms with Crippen LogP contribution in [0.25, 0.3) is 0 Å². The minimum Gasteiger partial charge on any atom is -0.480 e. The average Bonchev–Trinajstić information content (AvgIpc) is 3.04. The first-order valence-corrected chi connectivity index (χ1v) is 7.34. The zero-order valence-electron chi connectivity index (χ0n) is 11.7.